The van der Waals surface area contributed by atoms with Crippen LogP contribution in [0.2, 0.25) is 0 Å². The summed E-state index contributed by atoms with van der Waals surface area (Å²) in [5.74, 6) is 0.153. The van der Waals surface area contributed by atoms with Crippen LogP contribution in [-0.2, 0) is 0 Å². The van der Waals surface area contributed by atoms with E-state index in [1.54, 1.807) is 37.3 Å². The van der Waals surface area contributed by atoms with Crippen molar-refractivity contribution >= 4 is 27.5 Å². The standard InChI is InChI=1S/C17H17BrN2O4/c1-10(11-8-9-14(23-2)16(24-3)15(11)21)19-20-17(22)12-6-4-5-7-13(12)18/h4-9,21H,1-3H3,(H,20,22). The summed E-state index contributed by atoms with van der Waals surface area (Å²) in [5.41, 5.74) is 3.79. The summed E-state index contributed by atoms with van der Waals surface area (Å²) in [6.45, 7) is 1.67. The van der Waals surface area contributed by atoms with Gasteiger partial charge in [0.2, 0.25) is 5.75 Å². The van der Waals surface area contributed by atoms with Crippen molar-refractivity contribution in [1.29, 1.82) is 0 Å². The Labute approximate surface area is 148 Å². The third-order valence-corrected chi connectivity index (χ3v) is 4.04. The number of halogens is 1. The molecule has 6 nitrogen and oxygen atoms in total. The Bertz CT molecular complexity index is 790. The molecule has 0 unspecified atom stereocenters. The average molecular weight is 393 g/mol. The maximum atomic E-state index is 12.2. The van der Waals surface area contributed by atoms with Crippen LogP contribution >= 0.6 is 15.9 Å². The van der Waals surface area contributed by atoms with Crippen LogP contribution in [0.4, 0.5) is 0 Å². The minimum Gasteiger partial charge on any atom is -0.504 e. The zero-order valence-electron chi connectivity index (χ0n) is 13.5. The van der Waals surface area contributed by atoms with Gasteiger partial charge in [0.1, 0.15) is 0 Å². The minimum absolute atomic E-state index is 0.103. The first-order valence-electron chi connectivity index (χ1n) is 7.03. The number of amides is 1. The molecular formula is C17H17BrN2O4. The van der Waals surface area contributed by atoms with E-state index in [9.17, 15) is 9.90 Å². The fourth-order valence-corrected chi connectivity index (χ4v) is 2.57. The first-order chi connectivity index (χ1) is 11.5. The quantitative estimate of drug-likeness (QED) is 0.603. The normalized spacial score (nSPS) is 11.1. The fourth-order valence-electron chi connectivity index (χ4n) is 2.10. The van der Waals surface area contributed by atoms with E-state index in [-0.39, 0.29) is 17.4 Å². The number of hydrogen-bond donors (Lipinski definition) is 2. The van der Waals surface area contributed by atoms with Crippen LogP contribution < -0.4 is 14.9 Å². The number of ether oxygens (including phenoxy) is 2. The number of phenols is 1. The van der Waals surface area contributed by atoms with Crippen molar-refractivity contribution in [2.24, 2.45) is 5.10 Å². The molecule has 0 saturated heterocycles. The van der Waals surface area contributed by atoms with Crippen LogP contribution in [-0.4, -0.2) is 30.9 Å². The molecule has 0 spiro atoms. The number of nitrogens with zero attached hydrogens (tertiary/aromatic N) is 1. The Morgan fingerprint density at radius 3 is 2.46 bits per heavy atom. The lowest BCUT2D eigenvalue weighted by atomic mass is 10.1. The number of nitrogens with one attached hydrogen (secondary N) is 1. The van der Waals surface area contributed by atoms with E-state index in [4.69, 9.17) is 9.47 Å². The largest absolute Gasteiger partial charge is 0.504 e. The highest BCUT2D eigenvalue weighted by molar-refractivity contribution is 9.10. The minimum atomic E-state index is -0.359. The molecule has 126 valence electrons. The van der Waals surface area contributed by atoms with Crippen molar-refractivity contribution in [1.82, 2.24) is 5.43 Å². The molecule has 2 rings (SSSR count). The van der Waals surface area contributed by atoms with Gasteiger partial charge in [0.15, 0.2) is 11.5 Å². The van der Waals surface area contributed by atoms with Gasteiger partial charge in [0.05, 0.1) is 25.5 Å². The summed E-state index contributed by atoms with van der Waals surface area (Å²) >= 11 is 3.32. The maximum Gasteiger partial charge on any atom is 0.272 e. The second kappa shape index (κ2) is 7.83. The predicted molar refractivity (Wildman–Crippen MR) is 95.0 cm³/mol. The van der Waals surface area contributed by atoms with Gasteiger partial charge in [-0.3, -0.25) is 4.79 Å². The van der Waals surface area contributed by atoms with Gasteiger partial charge < -0.3 is 14.6 Å². The predicted octanol–water partition coefficient (Wildman–Crippen LogP) is 3.33. The second-order valence-electron chi connectivity index (χ2n) is 4.82. The van der Waals surface area contributed by atoms with Gasteiger partial charge in [0.25, 0.3) is 5.91 Å². The number of carbonyl (C=O) groups is 1. The molecule has 2 aromatic rings. The highest BCUT2D eigenvalue weighted by Crippen LogP contribution is 2.39. The Kier molecular flexibility index (Phi) is 5.81. The van der Waals surface area contributed by atoms with Crippen LogP contribution in [0.25, 0.3) is 0 Å². The van der Waals surface area contributed by atoms with E-state index in [0.29, 0.717) is 27.1 Å². The number of hydrazone groups is 1. The van der Waals surface area contributed by atoms with E-state index < -0.39 is 0 Å². The number of phenolic OH excluding ortho intramolecular Hbond substituents is 1. The molecule has 0 saturated carbocycles. The number of carbonyl (C=O) groups excluding carboxylic acids is 1. The van der Waals surface area contributed by atoms with Gasteiger partial charge in [-0.25, -0.2) is 5.43 Å². The molecular weight excluding hydrogens is 376 g/mol. The number of methoxy groups -OCH3 is 2. The van der Waals surface area contributed by atoms with Crippen LogP contribution in [0.3, 0.4) is 0 Å². The molecule has 2 aromatic carbocycles. The second-order valence-corrected chi connectivity index (χ2v) is 5.67. The molecule has 2 N–H and O–H groups in total. The van der Waals surface area contributed by atoms with E-state index >= 15 is 0 Å². The van der Waals surface area contributed by atoms with Gasteiger partial charge in [-0.05, 0) is 47.1 Å². The van der Waals surface area contributed by atoms with Crippen LogP contribution in [0.1, 0.15) is 22.8 Å². The summed E-state index contributed by atoms with van der Waals surface area (Å²) in [4.78, 5) is 12.2. The first kappa shape index (κ1) is 17.8. The van der Waals surface area contributed by atoms with Gasteiger partial charge >= 0.3 is 0 Å². The molecule has 0 heterocycles. The highest BCUT2D eigenvalue weighted by atomic mass is 79.9. The number of hydrogen-bond acceptors (Lipinski definition) is 5. The van der Waals surface area contributed by atoms with Gasteiger partial charge in [-0.1, -0.05) is 12.1 Å². The Morgan fingerprint density at radius 2 is 1.83 bits per heavy atom. The van der Waals surface area contributed by atoms with Crippen molar-refractivity contribution in [3.63, 3.8) is 0 Å². The molecule has 0 radical (unpaired) electrons. The Hall–Kier alpha value is -2.54. The van der Waals surface area contributed by atoms with Crippen molar-refractivity contribution in [2.45, 2.75) is 6.92 Å². The summed E-state index contributed by atoms with van der Waals surface area (Å²) in [5, 5.41) is 14.3. The highest BCUT2D eigenvalue weighted by Gasteiger charge is 2.16. The molecule has 0 bridgehead atoms. The fraction of sp³-hybridized carbons (Fsp3) is 0.176. The van der Waals surface area contributed by atoms with Crippen molar-refractivity contribution < 1.29 is 19.4 Å². The third-order valence-electron chi connectivity index (χ3n) is 3.35. The lowest BCUT2D eigenvalue weighted by molar-refractivity contribution is 0.0954. The molecule has 0 aromatic heterocycles. The van der Waals surface area contributed by atoms with Crippen molar-refractivity contribution in [3.8, 4) is 17.2 Å². The van der Waals surface area contributed by atoms with Crippen molar-refractivity contribution in [3.05, 3.63) is 52.0 Å². The summed E-state index contributed by atoms with van der Waals surface area (Å²) < 4.78 is 10.9. The van der Waals surface area contributed by atoms with E-state index in [0.717, 1.165) is 0 Å². The number of rotatable bonds is 5. The third kappa shape index (κ3) is 3.68. The molecule has 24 heavy (non-hydrogen) atoms. The first-order valence-corrected chi connectivity index (χ1v) is 7.82. The molecule has 0 aliphatic carbocycles. The zero-order chi connectivity index (χ0) is 17.7. The molecule has 0 aliphatic heterocycles. The van der Waals surface area contributed by atoms with E-state index in [1.165, 1.54) is 14.2 Å². The smallest absolute Gasteiger partial charge is 0.272 e. The van der Waals surface area contributed by atoms with Crippen molar-refractivity contribution in [2.75, 3.05) is 14.2 Å². The molecule has 1 amide bonds. The summed E-state index contributed by atoms with van der Waals surface area (Å²) in [6, 6.07) is 10.3. The number of benzene rings is 2. The lowest BCUT2D eigenvalue weighted by Gasteiger charge is -2.12. The monoisotopic (exact) mass is 392 g/mol. The van der Waals surface area contributed by atoms with Crippen LogP contribution in [0, 0.1) is 0 Å². The molecule has 0 fully saturated rings. The topological polar surface area (TPSA) is 80.2 Å². The van der Waals surface area contributed by atoms with Gasteiger partial charge in [0, 0.05) is 10.0 Å². The van der Waals surface area contributed by atoms with Crippen LogP contribution in [0.5, 0.6) is 17.2 Å². The van der Waals surface area contributed by atoms with Gasteiger partial charge in [-0.2, -0.15) is 5.10 Å². The molecule has 7 heteroatoms. The summed E-state index contributed by atoms with van der Waals surface area (Å²) in [7, 11) is 2.92. The number of aromatic hydroxyl groups is 1. The zero-order valence-corrected chi connectivity index (χ0v) is 15.0. The lowest BCUT2D eigenvalue weighted by Crippen LogP contribution is -2.19. The maximum absolute atomic E-state index is 12.2. The molecule has 0 atom stereocenters. The van der Waals surface area contributed by atoms with Gasteiger partial charge in [-0.15, -0.1) is 0 Å². The summed E-state index contributed by atoms with van der Waals surface area (Å²) in [6.07, 6.45) is 0. The SMILES string of the molecule is COc1ccc(C(C)=NNC(=O)c2ccccc2Br)c(O)c1OC. The Morgan fingerprint density at radius 1 is 1.12 bits per heavy atom. The Balaban J connectivity index is 2.26. The van der Waals surface area contributed by atoms with E-state index in [1.807, 2.05) is 6.07 Å². The van der Waals surface area contributed by atoms with E-state index in [2.05, 4.69) is 26.5 Å². The average Bonchev–Trinajstić information content (AvgIpc) is 2.59. The molecule has 0 aliphatic rings. The van der Waals surface area contributed by atoms with Crippen LogP contribution in [0.15, 0.2) is 46.0 Å².